The lowest BCUT2D eigenvalue weighted by atomic mass is 9.84. The van der Waals surface area contributed by atoms with Crippen LogP contribution < -0.4 is 0 Å². The molecule has 0 aromatic rings. The van der Waals surface area contributed by atoms with Gasteiger partial charge in [-0.3, -0.25) is 9.59 Å². The predicted octanol–water partition coefficient (Wildman–Crippen LogP) is 5.57. The largest absolute Gasteiger partial charge is 0.481 e. The summed E-state index contributed by atoms with van der Waals surface area (Å²) in [5, 5.41) is 8.69. The van der Waals surface area contributed by atoms with E-state index in [2.05, 4.69) is 18.9 Å². The fourth-order valence-corrected chi connectivity index (χ4v) is 4.90. The molecule has 1 aliphatic rings. The Morgan fingerprint density at radius 1 is 0.966 bits per heavy atom. The Morgan fingerprint density at radius 2 is 1.55 bits per heavy atom. The van der Waals surface area contributed by atoms with Crippen LogP contribution in [0, 0.1) is 11.8 Å². The summed E-state index contributed by atoms with van der Waals surface area (Å²) < 4.78 is 39.1. The van der Waals surface area contributed by atoms with Gasteiger partial charge in [-0.2, -0.15) is 8.78 Å². The molecule has 9 heteroatoms. The maximum atomic E-state index is 14.0. The van der Waals surface area contributed by atoms with E-state index in [4.69, 9.17) is 14.2 Å². The number of ketones is 1. The number of halogens is 2. The van der Waals surface area contributed by atoms with E-state index in [9.17, 15) is 18.4 Å². The predicted molar refractivity (Wildman–Crippen MR) is 115 cm³/mol. The molecule has 1 fully saturated rings. The SMILES string of the molecule is CCCCC(F)(F)C(=O)CCC1C(OP)CC(OP)C1CCCCCCC(=O)O. The van der Waals surface area contributed by atoms with Crippen LogP contribution in [0.1, 0.15) is 84.0 Å². The lowest BCUT2D eigenvalue weighted by Gasteiger charge is -2.26. The van der Waals surface area contributed by atoms with E-state index in [1.807, 2.05) is 6.92 Å². The van der Waals surface area contributed by atoms with Crippen LogP contribution in [0.3, 0.4) is 0 Å². The third-order valence-electron chi connectivity index (χ3n) is 5.95. The Morgan fingerprint density at radius 3 is 2.10 bits per heavy atom. The summed E-state index contributed by atoms with van der Waals surface area (Å²) in [5.41, 5.74) is 0. The third kappa shape index (κ3) is 9.21. The van der Waals surface area contributed by atoms with E-state index in [-0.39, 0.29) is 43.3 Å². The molecule has 29 heavy (non-hydrogen) atoms. The summed E-state index contributed by atoms with van der Waals surface area (Å²) >= 11 is 0. The Labute approximate surface area is 177 Å². The van der Waals surface area contributed by atoms with E-state index in [0.717, 1.165) is 25.7 Å². The van der Waals surface area contributed by atoms with Crippen molar-refractivity contribution >= 4 is 30.7 Å². The summed E-state index contributed by atoms with van der Waals surface area (Å²) in [7, 11) is 4.53. The number of carboxylic acids is 1. The maximum absolute atomic E-state index is 14.0. The highest BCUT2D eigenvalue weighted by atomic mass is 31.0. The van der Waals surface area contributed by atoms with Gasteiger partial charge in [0.1, 0.15) is 0 Å². The van der Waals surface area contributed by atoms with Crippen molar-refractivity contribution in [2.45, 2.75) is 102 Å². The quantitative estimate of drug-likeness (QED) is 0.243. The lowest BCUT2D eigenvalue weighted by molar-refractivity contribution is -0.144. The van der Waals surface area contributed by atoms with Crippen molar-refractivity contribution in [1.82, 2.24) is 0 Å². The second-order valence-corrected chi connectivity index (χ2v) is 8.57. The molecule has 0 amide bonds. The topological polar surface area (TPSA) is 72.8 Å². The summed E-state index contributed by atoms with van der Waals surface area (Å²) in [6.07, 6.45) is 5.66. The molecule has 6 unspecified atom stereocenters. The second kappa shape index (κ2) is 14.0. The molecular weight excluding hydrogens is 420 g/mol. The van der Waals surface area contributed by atoms with E-state index in [1.54, 1.807) is 0 Å². The highest BCUT2D eigenvalue weighted by molar-refractivity contribution is 7.10. The Balaban J connectivity index is 2.59. The number of unbranched alkanes of at least 4 members (excludes halogenated alkanes) is 4. The molecule has 0 bridgehead atoms. The number of carbonyl (C=O) groups is 2. The van der Waals surface area contributed by atoms with Crippen molar-refractivity contribution in [2.24, 2.45) is 11.8 Å². The van der Waals surface area contributed by atoms with Crippen LogP contribution in [0.2, 0.25) is 0 Å². The van der Waals surface area contributed by atoms with Gasteiger partial charge in [-0.05, 0) is 37.5 Å². The van der Waals surface area contributed by atoms with Gasteiger partial charge < -0.3 is 14.2 Å². The van der Waals surface area contributed by atoms with Gasteiger partial charge in [0.25, 0.3) is 0 Å². The van der Waals surface area contributed by atoms with Crippen molar-refractivity contribution in [3.05, 3.63) is 0 Å². The minimum atomic E-state index is -3.25. The Bertz CT molecular complexity index is 507. The van der Waals surface area contributed by atoms with E-state index in [0.29, 0.717) is 32.1 Å². The highest BCUT2D eigenvalue weighted by Gasteiger charge is 2.45. The average molecular weight is 456 g/mol. The first-order valence-corrected chi connectivity index (χ1v) is 11.5. The minimum Gasteiger partial charge on any atom is -0.481 e. The molecule has 0 aliphatic heterocycles. The van der Waals surface area contributed by atoms with Gasteiger partial charge in [-0.1, -0.05) is 32.6 Å². The zero-order valence-corrected chi connectivity index (χ0v) is 19.6. The molecule has 1 saturated carbocycles. The van der Waals surface area contributed by atoms with Crippen molar-refractivity contribution in [1.29, 1.82) is 0 Å². The molecule has 1 N–H and O–H groups in total. The third-order valence-corrected chi connectivity index (χ3v) is 6.65. The van der Waals surface area contributed by atoms with Gasteiger partial charge in [-0.25, -0.2) is 0 Å². The van der Waals surface area contributed by atoms with Gasteiger partial charge in [-0.15, -0.1) is 0 Å². The molecule has 1 rings (SSSR count). The van der Waals surface area contributed by atoms with E-state index >= 15 is 0 Å². The van der Waals surface area contributed by atoms with Crippen LogP contribution in [0.4, 0.5) is 8.78 Å². The lowest BCUT2D eigenvalue weighted by Crippen LogP contribution is -2.30. The first kappa shape index (κ1) is 26.8. The number of Topliss-reactive ketones (excluding diaryl/α,β-unsaturated/α-hetero) is 1. The Kier molecular flexibility index (Phi) is 12.9. The summed E-state index contributed by atoms with van der Waals surface area (Å²) in [6, 6.07) is 0. The summed E-state index contributed by atoms with van der Waals surface area (Å²) in [4.78, 5) is 22.7. The van der Waals surface area contributed by atoms with Crippen LogP contribution in [-0.4, -0.2) is 35.0 Å². The molecule has 0 radical (unpaired) electrons. The zero-order chi connectivity index (χ0) is 21.9. The molecule has 5 nitrogen and oxygen atoms in total. The van der Waals surface area contributed by atoms with Crippen LogP contribution in [-0.2, 0) is 18.6 Å². The van der Waals surface area contributed by atoms with Crippen LogP contribution in [0.15, 0.2) is 0 Å². The van der Waals surface area contributed by atoms with Crippen molar-refractivity contribution in [2.75, 3.05) is 0 Å². The number of carbonyl (C=O) groups excluding carboxylic acids is 1. The maximum Gasteiger partial charge on any atom is 0.305 e. The average Bonchev–Trinajstić information content (AvgIpc) is 3.03. The minimum absolute atomic E-state index is 0.0111. The number of rotatable bonds is 16. The summed E-state index contributed by atoms with van der Waals surface area (Å²) in [6.45, 7) is 1.83. The molecular formula is C20H36F2O5P2. The number of alkyl halides is 2. The molecule has 0 aromatic heterocycles. The van der Waals surface area contributed by atoms with Crippen molar-refractivity contribution < 1.29 is 32.5 Å². The molecule has 0 saturated heterocycles. The van der Waals surface area contributed by atoms with Crippen molar-refractivity contribution in [3.8, 4) is 0 Å². The normalized spacial score (nSPS) is 24.7. The van der Waals surface area contributed by atoms with Gasteiger partial charge in [0.05, 0.1) is 12.2 Å². The van der Waals surface area contributed by atoms with E-state index in [1.165, 1.54) is 0 Å². The molecule has 0 heterocycles. The fraction of sp³-hybridized carbons (Fsp3) is 0.900. The second-order valence-electron chi connectivity index (χ2n) is 8.03. The molecule has 0 aromatic carbocycles. The van der Waals surface area contributed by atoms with Crippen LogP contribution in [0.5, 0.6) is 0 Å². The van der Waals surface area contributed by atoms with Gasteiger partial charge in [0.15, 0.2) is 0 Å². The van der Waals surface area contributed by atoms with Gasteiger partial charge >= 0.3 is 11.9 Å². The first-order chi connectivity index (χ1) is 13.8. The fourth-order valence-electron chi connectivity index (χ4n) is 4.27. The number of carboxylic acid groups (broad SMARTS) is 1. The molecule has 6 atom stereocenters. The Hall–Kier alpha value is -0.220. The zero-order valence-electron chi connectivity index (χ0n) is 17.3. The van der Waals surface area contributed by atoms with Gasteiger partial charge in [0.2, 0.25) is 5.78 Å². The smallest absolute Gasteiger partial charge is 0.305 e. The van der Waals surface area contributed by atoms with E-state index < -0.39 is 17.7 Å². The number of hydrogen-bond donors (Lipinski definition) is 1. The standard InChI is InChI=1S/C20H36F2O5P2/c1-2-3-12-20(21,22)18(23)11-10-15-14(16(26-28)13-17(15)27-29)8-6-4-5-7-9-19(24)25/h14-17H,2-13,28-29H2,1H3,(H,24,25). The monoisotopic (exact) mass is 456 g/mol. The van der Waals surface area contributed by atoms with Crippen LogP contribution in [0.25, 0.3) is 0 Å². The van der Waals surface area contributed by atoms with Crippen LogP contribution >= 0.6 is 18.9 Å². The number of hydrogen-bond acceptors (Lipinski definition) is 4. The first-order valence-electron chi connectivity index (χ1n) is 10.6. The molecule has 0 spiro atoms. The number of aliphatic carboxylic acids is 1. The molecule has 1 aliphatic carbocycles. The highest BCUT2D eigenvalue weighted by Crippen LogP contribution is 2.44. The van der Waals surface area contributed by atoms with Crippen molar-refractivity contribution in [3.63, 3.8) is 0 Å². The van der Waals surface area contributed by atoms with Gasteiger partial charge in [0, 0.05) is 44.6 Å². The summed E-state index contributed by atoms with van der Waals surface area (Å²) in [5.74, 6) is -4.88. The molecule has 170 valence electrons.